The van der Waals surface area contributed by atoms with Gasteiger partial charge in [0.2, 0.25) is 0 Å². The zero-order valence-electron chi connectivity index (χ0n) is 17.9. The first kappa shape index (κ1) is 22.2. The van der Waals surface area contributed by atoms with Crippen LogP contribution in [0.25, 0.3) is 11.1 Å². The molecule has 0 aromatic heterocycles. The van der Waals surface area contributed by atoms with Crippen molar-refractivity contribution in [2.45, 2.75) is 33.4 Å². The fourth-order valence-electron chi connectivity index (χ4n) is 3.33. The summed E-state index contributed by atoms with van der Waals surface area (Å²) < 4.78 is 18.7. The molecular formula is C26H26FNO3. The number of benzene rings is 3. The van der Waals surface area contributed by atoms with E-state index in [2.05, 4.69) is 5.32 Å². The Labute approximate surface area is 182 Å². The van der Waals surface area contributed by atoms with Gasteiger partial charge in [-0.1, -0.05) is 62.4 Å². The number of halogens is 1. The second-order valence-corrected chi connectivity index (χ2v) is 7.77. The van der Waals surface area contributed by atoms with E-state index >= 15 is 0 Å². The van der Waals surface area contributed by atoms with Crippen LogP contribution in [-0.4, -0.2) is 17.9 Å². The van der Waals surface area contributed by atoms with E-state index in [1.165, 1.54) is 24.3 Å². The van der Waals surface area contributed by atoms with Crippen molar-refractivity contribution >= 4 is 11.9 Å². The minimum atomic E-state index is -0.810. The summed E-state index contributed by atoms with van der Waals surface area (Å²) in [5, 5.41) is 2.70. The lowest BCUT2D eigenvalue weighted by Gasteiger charge is -2.21. The van der Waals surface area contributed by atoms with Crippen LogP contribution < -0.4 is 5.32 Å². The van der Waals surface area contributed by atoms with Crippen LogP contribution in [0.3, 0.4) is 0 Å². The van der Waals surface area contributed by atoms with Gasteiger partial charge in [0, 0.05) is 5.56 Å². The fraction of sp³-hybridized carbons (Fsp3) is 0.231. The average molecular weight is 419 g/mol. The van der Waals surface area contributed by atoms with Gasteiger partial charge >= 0.3 is 5.97 Å². The standard InChI is InChI=1S/C26H26FNO3/c1-17(2)24(28-25(29)20-12-14-22(27)15-13-20)26(30)31-16-21-10-7-11-23(18(21)3)19-8-5-4-6-9-19/h4-15,17,24H,16H2,1-3H3,(H,28,29)/t24-/m1/s1. The van der Waals surface area contributed by atoms with Crippen LogP contribution in [-0.2, 0) is 16.1 Å². The van der Waals surface area contributed by atoms with Gasteiger partial charge in [0.15, 0.2) is 0 Å². The van der Waals surface area contributed by atoms with Gasteiger partial charge in [-0.05, 0) is 59.4 Å². The third-order valence-electron chi connectivity index (χ3n) is 5.21. The van der Waals surface area contributed by atoms with Crippen molar-refractivity contribution < 1.29 is 18.7 Å². The van der Waals surface area contributed by atoms with Crippen LogP contribution in [0.15, 0.2) is 72.8 Å². The van der Waals surface area contributed by atoms with E-state index in [-0.39, 0.29) is 18.1 Å². The minimum Gasteiger partial charge on any atom is -0.459 e. The van der Waals surface area contributed by atoms with E-state index < -0.39 is 23.7 Å². The zero-order chi connectivity index (χ0) is 22.4. The average Bonchev–Trinajstić information content (AvgIpc) is 2.77. The van der Waals surface area contributed by atoms with Gasteiger partial charge in [-0.2, -0.15) is 0 Å². The second kappa shape index (κ2) is 10.0. The molecule has 0 saturated carbocycles. The third-order valence-corrected chi connectivity index (χ3v) is 5.21. The predicted molar refractivity (Wildman–Crippen MR) is 119 cm³/mol. The van der Waals surface area contributed by atoms with E-state index in [4.69, 9.17) is 4.74 Å². The molecule has 0 aliphatic carbocycles. The van der Waals surface area contributed by atoms with Gasteiger partial charge in [-0.25, -0.2) is 9.18 Å². The van der Waals surface area contributed by atoms with Crippen molar-refractivity contribution in [3.05, 3.63) is 95.3 Å². The van der Waals surface area contributed by atoms with Crippen LogP contribution in [0, 0.1) is 18.7 Å². The molecule has 0 saturated heterocycles. The van der Waals surface area contributed by atoms with Gasteiger partial charge in [0.25, 0.3) is 5.91 Å². The lowest BCUT2D eigenvalue weighted by atomic mass is 9.97. The van der Waals surface area contributed by atoms with Crippen molar-refractivity contribution in [3.63, 3.8) is 0 Å². The van der Waals surface area contributed by atoms with Crippen LogP contribution in [0.4, 0.5) is 4.39 Å². The summed E-state index contributed by atoms with van der Waals surface area (Å²) in [4.78, 5) is 25.2. The summed E-state index contributed by atoms with van der Waals surface area (Å²) in [7, 11) is 0. The lowest BCUT2D eigenvalue weighted by Crippen LogP contribution is -2.45. The maximum Gasteiger partial charge on any atom is 0.329 e. The van der Waals surface area contributed by atoms with Crippen molar-refractivity contribution in [2.75, 3.05) is 0 Å². The molecule has 3 aromatic rings. The Morgan fingerprint density at radius 1 is 0.935 bits per heavy atom. The summed E-state index contributed by atoms with van der Waals surface area (Å²) in [5.41, 5.74) is 4.41. The molecule has 4 nitrogen and oxygen atoms in total. The quantitative estimate of drug-likeness (QED) is 0.529. The van der Waals surface area contributed by atoms with E-state index in [0.29, 0.717) is 0 Å². The van der Waals surface area contributed by atoms with Crippen molar-refractivity contribution in [3.8, 4) is 11.1 Å². The van der Waals surface area contributed by atoms with Gasteiger partial charge in [-0.15, -0.1) is 0 Å². The smallest absolute Gasteiger partial charge is 0.329 e. The molecule has 0 fully saturated rings. The molecule has 0 spiro atoms. The number of nitrogens with one attached hydrogen (secondary N) is 1. The molecule has 1 N–H and O–H groups in total. The Morgan fingerprint density at radius 3 is 2.26 bits per heavy atom. The summed E-state index contributed by atoms with van der Waals surface area (Å²) in [6.45, 7) is 5.78. The lowest BCUT2D eigenvalue weighted by molar-refractivity contribution is -0.148. The van der Waals surface area contributed by atoms with Crippen LogP contribution >= 0.6 is 0 Å². The van der Waals surface area contributed by atoms with Crippen LogP contribution in [0.5, 0.6) is 0 Å². The van der Waals surface area contributed by atoms with Gasteiger partial charge in [0.1, 0.15) is 18.5 Å². The Hall–Kier alpha value is -3.47. The predicted octanol–water partition coefficient (Wildman–Crippen LogP) is 5.30. The molecule has 1 atom stereocenters. The number of ether oxygens (including phenoxy) is 1. The second-order valence-electron chi connectivity index (χ2n) is 7.77. The molecule has 1 amide bonds. The summed E-state index contributed by atoms with van der Waals surface area (Å²) in [6.07, 6.45) is 0. The van der Waals surface area contributed by atoms with E-state index in [0.717, 1.165) is 22.3 Å². The molecule has 0 aliphatic heterocycles. The molecule has 0 aliphatic rings. The van der Waals surface area contributed by atoms with E-state index in [1.807, 2.05) is 69.3 Å². The first-order chi connectivity index (χ1) is 14.9. The van der Waals surface area contributed by atoms with Gasteiger partial charge < -0.3 is 10.1 Å². The van der Waals surface area contributed by atoms with Crippen molar-refractivity contribution in [1.82, 2.24) is 5.32 Å². The summed E-state index contributed by atoms with van der Waals surface area (Å²) >= 11 is 0. The number of esters is 1. The Kier molecular flexibility index (Phi) is 7.19. The van der Waals surface area contributed by atoms with Crippen molar-refractivity contribution in [1.29, 1.82) is 0 Å². The first-order valence-corrected chi connectivity index (χ1v) is 10.2. The number of carbonyl (C=O) groups excluding carboxylic acids is 2. The first-order valence-electron chi connectivity index (χ1n) is 10.2. The highest BCUT2D eigenvalue weighted by atomic mass is 19.1. The molecule has 0 heterocycles. The van der Waals surface area contributed by atoms with Gasteiger partial charge in [0.05, 0.1) is 0 Å². The number of amides is 1. The maximum absolute atomic E-state index is 13.1. The molecule has 160 valence electrons. The highest BCUT2D eigenvalue weighted by molar-refractivity contribution is 5.96. The molecule has 0 unspecified atom stereocenters. The molecule has 5 heteroatoms. The fourth-order valence-corrected chi connectivity index (χ4v) is 3.33. The Bertz CT molecular complexity index is 1050. The van der Waals surface area contributed by atoms with Crippen molar-refractivity contribution in [2.24, 2.45) is 5.92 Å². The number of hydrogen-bond acceptors (Lipinski definition) is 3. The molecule has 3 rings (SSSR count). The molecule has 0 bridgehead atoms. The molecular weight excluding hydrogens is 393 g/mol. The zero-order valence-corrected chi connectivity index (χ0v) is 17.9. The highest BCUT2D eigenvalue weighted by Crippen LogP contribution is 2.26. The van der Waals surface area contributed by atoms with Crippen LogP contribution in [0.1, 0.15) is 35.3 Å². The summed E-state index contributed by atoms with van der Waals surface area (Å²) in [5.74, 6) is -1.55. The topological polar surface area (TPSA) is 55.4 Å². The monoisotopic (exact) mass is 419 g/mol. The summed E-state index contributed by atoms with van der Waals surface area (Å²) in [6, 6.07) is 20.3. The third kappa shape index (κ3) is 5.57. The normalized spacial score (nSPS) is 11.8. The van der Waals surface area contributed by atoms with Crippen LogP contribution in [0.2, 0.25) is 0 Å². The maximum atomic E-state index is 13.1. The highest BCUT2D eigenvalue weighted by Gasteiger charge is 2.26. The van der Waals surface area contributed by atoms with E-state index in [9.17, 15) is 14.0 Å². The number of carbonyl (C=O) groups is 2. The SMILES string of the molecule is Cc1c(COC(=O)[C@H](NC(=O)c2ccc(F)cc2)C(C)C)cccc1-c1ccccc1. The Balaban J connectivity index is 1.69. The molecule has 31 heavy (non-hydrogen) atoms. The minimum absolute atomic E-state index is 0.112. The Morgan fingerprint density at radius 2 is 1.61 bits per heavy atom. The number of rotatable bonds is 7. The largest absolute Gasteiger partial charge is 0.459 e. The molecule has 0 radical (unpaired) electrons. The van der Waals surface area contributed by atoms with E-state index in [1.54, 1.807) is 0 Å². The molecule has 3 aromatic carbocycles. The number of hydrogen-bond donors (Lipinski definition) is 1. The van der Waals surface area contributed by atoms with Gasteiger partial charge in [-0.3, -0.25) is 4.79 Å².